The first-order valence-corrected chi connectivity index (χ1v) is 10.7. The Morgan fingerprint density at radius 1 is 0.867 bits per heavy atom. The van der Waals surface area contributed by atoms with Gasteiger partial charge in [0.15, 0.2) is 0 Å². The van der Waals surface area contributed by atoms with Crippen LogP contribution in [0.25, 0.3) is 23.1 Å². The highest BCUT2D eigenvalue weighted by Gasteiger charge is 2.21. The van der Waals surface area contributed by atoms with Crippen molar-refractivity contribution in [1.82, 2.24) is 3.97 Å². The number of nitrogens with zero attached hydrogens (tertiary/aromatic N) is 1. The number of fused-ring (bicyclic) bond motifs is 1. The van der Waals surface area contributed by atoms with Crippen LogP contribution in [0.15, 0.2) is 89.8 Å². The number of rotatable bonds is 5. The van der Waals surface area contributed by atoms with Gasteiger partial charge in [-0.15, -0.1) is 0 Å². The van der Waals surface area contributed by atoms with Crippen LogP contribution in [-0.2, 0) is 14.8 Å². The Hall–Kier alpha value is -3.64. The fourth-order valence-electron chi connectivity index (χ4n) is 3.35. The van der Waals surface area contributed by atoms with E-state index < -0.39 is 16.0 Å². The van der Waals surface area contributed by atoms with Gasteiger partial charge in [0.2, 0.25) is 0 Å². The van der Waals surface area contributed by atoms with E-state index in [-0.39, 0.29) is 4.90 Å². The predicted molar refractivity (Wildman–Crippen MR) is 118 cm³/mol. The third-order valence-electron chi connectivity index (χ3n) is 4.77. The molecule has 0 aliphatic carbocycles. The number of hydrogen-bond acceptors (Lipinski definition) is 4. The van der Waals surface area contributed by atoms with Crippen molar-refractivity contribution in [1.29, 1.82) is 0 Å². The third kappa shape index (κ3) is 3.53. The zero-order valence-corrected chi connectivity index (χ0v) is 17.0. The van der Waals surface area contributed by atoms with Crippen LogP contribution in [0.2, 0.25) is 0 Å². The van der Waals surface area contributed by atoms with Gasteiger partial charge in [-0.2, -0.15) is 0 Å². The maximum absolute atomic E-state index is 13.4. The van der Waals surface area contributed by atoms with Crippen LogP contribution in [0.3, 0.4) is 0 Å². The predicted octanol–water partition coefficient (Wildman–Crippen LogP) is 4.84. The van der Waals surface area contributed by atoms with E-state index in [1.807, 2.05) is 24.3 Å². The van der Waals surface area contributed by atoms with E-state index in [9.17, 15) is 13.2 Å². The van der Waals surface area contributed by atoms with Crippen LogP contribution in [0.5, 0.6) is 0 Å². The summed E-state index contributed by atoms with van der Waals surface area (Å²) in [5, 5.41) is 0.804. The summed E-state index contributed by atoms with van der Waals surface area (Å²) in [6, 6.07) is 24.4. The van der Waals surface area contributed by atoms with E-state index in [4.69, 9.17) is 4.74 Å². The number of carbonyl (C=O) groups is 1. The molecule has 5 nitrogen and oxygen atoms in total. The Morgan fingerprint density at radius 3 is 2.30 bits per heavy atom. The number of benzene rings is 3. The van der Waals surface area contributed by atoms with Gasteiger partial charge in [0.1, 0.15) is 0 Å². The van der Waals surface area contributed by atoms with Crippen molar-refractivity contribution < 1.29 is 17.9 Å². The van der Waals surface area contributed by atoms with Crippen molar-refractivity contribution in [2.75, 3.05) is 7.11 Å². The average Bonchev–Trinajstić information content (AvgIpc) is 3.17. The van der Waals surface area contributed by atoms with Crippen molar-refractivity contribution in [2.45, 2.75) is 4.90 Å². The van der Waals surface area contributed by atoms with Gasteiger partial charge in [0, 0.05) is 5.39 Å². The molecular weight excluding hydrogens is 398 g/mol. The molecule has 4 rings (SSSR count). The first-order valence-electron chi connectivity index (χ1n) is 9.29. The van der Waals surface area contributed by atoms with Crippen molar-refractivity contribution in [3.63, 3.8) is 0 Å². The fraction of sp³-hybridized carbons (Fsp3) is 0.0417. The molecule has 0 fully saturated rings. The number of aromatic nitrogens is 1. The number of esters is 1. The van der Waals surface area contributed by atoms with Crippen LogP contribution in [0, 0.1) is 0 Å². The second-order valence-corrected chi connectivity index (χ2v) is 8.41. The Balaban J connectivity index is 1.89. The van der Waals surface area contributed by atoms with Crippen LogP contribution in [0.1, 0.15) is 21.6 Å². The Kier molecular flexibility index (Phi) is 5.25. The first-order chi connectivity index (χ1) is 14.5. The van der Waals surface area contributed by atoms with E-state index in [0.717, 1.165) is 5.39 Å². The summed E-state index contributed by atoms with van der Waals surface area (Å²) >= 11 is 0. The van der Waals surface area contributed by atoms with Gasteiger partial charge in [0.05, 0.1) is 28.8 Å². The topological polar surface area (TPSA) is 65.4 Å². The van der Waals surface area contributed by atoms with Gasteiger partial charge in [-0.3, -0.25) is 0 Å². The molecule has 0 aliphatic rings. The lowest BCUT2D eigenvalue weighted by Gasteiger charge is -2.10. The minimum atomic E-state index is -3.81. The Labute approximate surface area is 174 Å². The molecule has 1 aromatic heterocycles. The summed E-state index contributed by atoms with van der Waals surface area (Å²) in [5.74, 6) is -0.451. The van der Waals surface area contributed by atoms with Gasteiger partial charge in [-0.05, 0) is 42.0 Å². The average molecular weight is 417 g/mol. The zero-order valence-electron chi connectivity index (χ0n) is 16.2. The molecule has 30 heavy (non-hydrogen) atoms. The standard InChI is InChI=1S/C24H19NO4S/c1-29-24(26)22-13-7-5-9-18(22)15-16-20-17-19-10-6-8-14-23(19)25(20)30(27,28)21-11-3-2-4-12-21/h2-17H,1H3/b16-15+. The third-order valence-corrected chi connectivity index (χ3v) is 6.53. The summed E-state index contributed by atoms with van der Waals surface area (Å²) < 4.78 is 33.0. The molecule has 0 aliphatic heterocycles. The molecule has 6 heteroatoms. The summed E-state index contributed by atoms with van der Waals surface area (Å²) in [5.41, 5.74) is 2.12. The van der Waals surface area contributed by atoms with Crippen LogP contribution >= 0.6 is 0 Å². The Bertz CT molecular complexity index is 1350. The van der Waals surface area contributed by atoms with Crippen molar-refractivity contribution in [3.05, 3.63) is 102 Å². The van der Waals surface area contributed by atoms with E-state index in [1.165, 1.54) is 11.1 Å². The van der Waals surface area contributed by atoms with Gasteiger partial charge in [0.25, 0.3) is 10.0 Å². The van der Waals surface area contributed by atoms with Crippen LogP contribution < -0.4 is 0 Å². The molecule has 0 radical (unpaired) electrons. The van der Waals surface area contributed by atoms with Gasteiger partial charge in [-0.25, -0.2) is 17.2 Å². The summed E-state index contributed by atoms with van der Waals surface area (Å²) in [4.78, 5) is 12.2. The normalized spacial score (nSPS) is 11.8. The number of para-hydroxylation sites is 1. The smallest absolute Gasteiger partial charge is 0.338 e. The minimum Gasteiger partial charge on any atom is -0.465 e. The molecule has 3 aromatic carbocycles. The summed E-state index contributed by atoms with van der Waals surface area (Å²) in [6.45, 7) is 0. The van der Waals surface area contributed by atoms with E-state index >= 15 is 0 Å². The quantitative estimate of drug-likeness (QED) is 0.436. The van der Waals surface area contributed by atoms with Gasteiger partial charge in [-0.1, -0.05) is 60.7 Å². The second kappa shape index (κ2) is 8.00. The molecule has 0 spiro atoms. The monoisotopic (exact) mass is 417 g/mol. The molecule has 0 unspecified atom stereocenters. The highest BCUT2D eigenvalue weighted by Crippen LogP contribution is 2.27. The molecule has 0 saturated heterocycles. The highest BCUT2D eigenvalue weighted by molar-refractivity contribution is 7.90. The zero-order chi connectivity index (χ0) is 21.1. The highest BCUT2D eigenvalue weighted by atomic mass is 32.2. The van der Waals surface area contributed by atoms with E-state index in [0.29, 0.717) is 22.3 Å². The maximum atomic E-state index is 13.4. The van der Waals surface area contributed by atoms with Crippen LogP contribution in [0.4, 0.5) is 0 Å². The minimum absolute atomic E-state index is 0.205. The van der Waals surface area contributed by atoms with Gasteiger partial charge >= 0.3 is 5.97 Å². The number of ether oxygens (including phenoxy) is 1. The Morgan fingerprint density at radius 2 is 1.53 bits per heavy atom. The number of methoxy groups -OCH3 is 1. The lowest BCUT2D eigenvalue weighted by atomic mass is 10.1. The molecule has 0 atom stereocenters. The number of hydrogen-bond donors (Lipinski definition) is 0. The fourth-order valence-corrected chi connectivity index (χ4v) is 4.88. The SMILES string of the molecule is COC(=O)c1ccccc1/C=C/c1cc2ccccc2n1S(=O)(=O)c1ccccc1. The molecule has 0 saturated carbocycles. The lowest BCUT2D eigenvalue weighted by molar-refractivity contribution is 0.0600. The first kappa shape index (κ1) is 19.7. The van der Waals surface area contributed by atoms with Crippen LogP contribution in [-0.4, -0.2) is 25.5 Å². The maximum Gasteiger partial charge on any atom is 0.338 e. The molecule has 0 amide bonds. The molecule has 150 valence electrons. The molecule has 1 heterocycles. The number of carbonyl (C=O) groups excluding carboxylic acids is 1. The molecule has 4 aromatic rings. The molecule has 0 bridgehead atoms. The van der Waals surface area contributed by atoms with E-state index in [2.05, 4.69) is 0 Å². The van der Waals surface area contributed by atoms with Crippen molar-refractivity contribution in [2.24, 2.45) is 0 Å². The van der Waals surface area contributed by atoms with Gasteiger partial charge < -0.3 is 4.74 Å². The molecule has 0 N–H and O–H groups in total. The second-order valence-electron chi connectivity index (χ2n) is 6.62. The summed E-state index contributed by atoms with van der Waals surface area (Å²) in [6.07, 6.45) is 3.42. The van der Waals surface area contributed by atoms with Crippen molar-refractivity contribution >= 4 is 39.0 Å². The largest absolute Gasteiger partial charge is 0.465 e. The van der Waals surface area contributed by atoms with Crippen molar-refractivity contribution in [3.8, 4) is 0 Å². The molecular formula is C24H19NO4S. The summed E-state index contributed by atoms with van der Waals surface area (Å²) in [7, 11) is -2.49. The lowest BCUT2D eigenvalue weighted by Crippen LogP contribution is -2.14. The van der Waals surface area contributed by atoms with E-state index in [1.54, 1.807) is 72.8 Å².